The van der Waals surface area contributed by atoms with Gasteiger partial charge in [-0.15, -0.1) is 0 Å². The monoisotopic (exact) mass is 216 g/mol. The Labute approximate surface area is 83.6 Å². The van der Waals surface area contributed by atoms with E-state index in [0.29, 0.717) is 0 Å². The minimum atomic E-state index is -0.867. The van der Waals surface area contributed by atoms with Crippen molar-refractivity contribution in [3.05, 3.63) is 33.1 Å². The molecule has 0 unspecified atom stereocenters. The van der Waals surface area contributed by atoms with E-state index in [4.69, 9.17) is 11.6 Å². The van der Waals surface area contributed by atoms with Gasteiger partial charge >= 0.3 is 11.7 Å². The van der Waals surface area contributed by atoms with Gasteiger partial charge in [-0.25, -0.2) is 9.78 Å². The quantitative estimate of drug-likeness (QED) is 0.424. The second-order valence-corrected chi connectivity index (χ2v) is 2.71. The summed E-state index contributed by atoms with van der Waals surface area (Å²) >= 11 is 5.49. The molecule has 0 aliphatic rings. The molecule has 0 atom stereocenters. The molecule has 0 radical (unpaired) electrons. The van der Waals surface area contributed by atoms with Gasteiger partial charge in [0.05, 0.1) is 17.1 Å². The number of halogens is 1. The number of esters is 1. The Balaban J connectivity index is 3.28. The number of hydrogen-bond acceptors (Lipinski definition) is 5. The van der Waals surface area contributed by atoms with E-state index in [0.717, 1.165) is 19.4 Å². The van der Waals surface area contributed by atoms with Crippen LogP contribution in [0.25, 0.3) is 0 Å². The standard InChI is InChI=1S/C7H5ClN2O4/c1-14-7(11)6-5(10(12)13)2-4(8)3-9-6/h2-3H,1H3. The molecule has 7 heteroatoms. The maximum absolute atomic E-state index is 11.0. The molecule has 0 saturated heterocycles. The van der Waals surface area contributed by atoms with Crippen LogP contribution in [0.4, 0.5) is 5.69 Å². The third-order valence-electron chi connectivity index (χ3n) is 1.41. The molecule has 0 bridgehead atoms. The van der Waals surface area contributed by atoms with Crippen molar-refractivity contribution < 1.29 is 14.5 Å². The van der Waals surface area contributed by atoms with E-state index in [1.165, 1.54) is 0 Å². The molecule has 0 spiro atoms. The number of ether oxygens (including phenoxy) is 1. The molecule has 0 aliphatic carbocycles. The largest absolute Gasteiger partial charge is 0.464 e. The van der Waals surface area contributed by atoms with Crippen molar-refractivity contribution in [2.75, 3.05) is 7.11 Å². The highest BCUT2D eigenvalue weighted by atomic mass is 35.5. The van der Waals surface area contributed by atoms with Crippen LogP contribution in [-0.4, -0.2) is 23.0 Å². The molecule has 0 N–H and O–H groups in total. The second kappa shape index (κ2) is 4.01. The van der Waals surface area contributed by atoms with E-state index in [9.17, 15) is 14.9 Å². The van der Waals surface area contributed by atoms with E-state index in [1.807, 2.05) is 0 Å². The van der Waals surface area contributed by atoms with Crippen molar-refractivity contribution >= 4 is 23.3 Å². The number of carbonyl (C=O) groups is 1. The fourth-order valence-corrected chi connectivity index (χ4v) is 0.974. The zero-order valence-electron chi connectivity index (χ0n) is 7.06. The summed E-state index contributed by atoms with van der Waals surface area (Å²) in [6, 6.07) is 1.04. The Bertz CT molecular complexity index is 393. The molecule has 0 saturated carbocycles. The summed E-state index contributed by atoms with van der Waals surface area (Å²) in [6.07, 6.45) is 1.14. The average Bonchev–Trinajstić information content (AvgIpc) is 2.16. The first-order valence-corrected chi connectivity index (χ1v) is 3.82. The first kappa shape index (κ1) is 10.4. The molecule has 1 heterocycles. The Morgan fingerprint density at radius 3 is 2.86 bits per heavy atom. The summed E-state index contributed by atoms with van der Waals surface area (Å²) in [5, 5.41) is 10.6. The zero-order chi connectivity index (χ0) is 10.7. The number of aromatic nitrogens is 1. The van der Waals surface area contributed by atoms with Gasteiger partial charge in [-0.1, -0.05) is 11.6 Å². The molecule has 1 aromatic rings. The van der Waals surface area contributed by atoms with Crippen LogP contribution >= 0.6 is 11.6 Å². The van der Waals surface area contributed by atoms with Gasteiger partial charge in [0.2, 0.25) is 5.69 Å². The van der Waals surface area contributed by atoms with E-state index in [2.05, 4.69) is 9.72 Å². The van der Waals surface area contributed by atoms with Crippen LogP contribution in [0.15, 0.2) is 12.3 Å². The maximum atomic E-state index is 11.0. The summed E-state index contributed by atoms with van der Waals surface area (Å²) in [4.78, 5) is 24.3. The van der Waals surface area contributed by atoms with Gasteiger partial charge < -0.3 is 4.74 Å². The molecule has 0 aromatic carbocycles. The SMILES string of the molecule is COC(=O)c1ncc(Cl)cc1[N+](=O)[O-]. The summed E-state index contributed by atoms with van der Waals surface area (Å²) < 4.78 is 4.32. The van der Waals surface area contributed by atoms with Crippen molar-refractivity contribution in [3.63, 3.8) is 0 Å². The number of rotatable bonds is 2. The number of pyridine rings is 1. The first-order chi connectivity index (χ1) is 6.56. The van der Waals surface area contributed by atoms with E-state index >= 15 is 0 Å². The predicted octanol–water partition coefficient (Wildman–Crippen LogP) is 1.43. The lowest BCUT2D eigenvalue weighted by molar-refractivity contribution is -0.385. The normalized spacial score (nSPS) is 9.57. The van der Waals surface area contributed by atoms with E-state index in [-0.39, 0.29) is 10.7 Å². The number of methoxy groups -OCH3 is 1. The molecule has 0 aliphatic heterocycles. The number of hydrogen-bond donors (Lipinski definition) is 0. The zero-order valence-corrected chi connectivity index (χ0v) is 7.82. The predicted molar refractivity (Wildman–Crippen MR) is 47.2 cm³/mol. The van der Waals surface area contributed by atoms with Crippen LogP contribution in [0.3, 0.4) is 0 Å². The van der Waals surface area contributed by atoms with Gasteiger partial charge in [0.15, 0.2) is 0 Å². The molecule has 14 heavy (non-hydrogen) atoms. The highest BCUT2D eigenvalue weighted by Crippen LogP contribution is 2.20. The van der Waals surface area contributed by atoms with Crippen molar-refractivity contribution in [2.24, 2.45) is 0 Å². The Morgan fingerprint density at radius 2 is 2.36 bits per heavy atom. The van der Waals surface area contributed by atoms with Crippen molar-refractivity contribution in [1.82, 2.24) is 4.98 Å². The summed E-state index contributed by atoms with van der Waals surface area (Å²) in [5.41, 5.74) is -0.828. The molecule has 0 amide bonds. The van der Waals surface area contributed by atoms with Gasteiger partial charge in [-0.2, -0.15) is 0 Å². The second-order valence-electron chi connectivity index (χ2n) is 2.27. The third kappa shape index (κ3) is 1.97. The van der Waals surface area contributed by atoms with Crippen molar-refractivity contribution in [3.8, 4) is 0 Å². The fraction of sp³-hybridized carbons (Fsp3) is 0.143. The van der Waals surface area contributed by atoms with Crippen LogP contribution in [0.1, 0.15) is 10.5 Å². The summed E-state index contributed by atoms with van der Waals surface area (Å²) in [6.45, 7) is 0. The number of nitro groups is 1. The topological polar surface area (TPSA) is 82.3 Å². The average molecular weight is 217 g/mol. The Hall–Kier alpha value is -1.69. The molecule has 1 rings (SSSR count). The first-order valence-electron chi connectivity index (χ1n) is 3.44. The fourth-order valence-electron chi connectivity index (χ4n) is 0.822. The van der Waals surface area contributed by atoms with Crippen molar-refractivity contribution in [2.45, 2.75) is 0 Å². The molecule has 1 aromatic heterocycles. The molecular formula is C7H5ClN2O4. The van der Waals surface area contributed by atoms with Gasteiger partial charge in [0.25, 0.3) is 0 Å². The number of carbonyl (C=O) groups excluding carboxylic acids is 1. The Morgan fingerprint density at radius 1 is 1.71 bits per heavy atom. The highest BCUT2D eigenvalue weighted by molar-refractivity contribution is 6.30. The smallest absolute Gasteiger partial charge is 0.363 e. The molecule has 0 fully saturated rings. The van der Waals surface area contributed by atoms with Gasteiger partial charge in [0, 0.05) is 12.3 Å². The van der Waals surface area contributed by atoms with Crippen LogP contribution in [-0.2, 0) is 4.74 Å². The third-order valence-corrected chi connectivity index (χ3v) is 1.62. The van der Waals surface area contributed by atoms with Gasteiger partial charge in [-0.05, 0) is 0 Å². The van der Waals surface area contributed by atoms with E-state index in [1.54, 1.807) is 0 Å². The lowest BCUT2D eigenvalue weighted by atomic mass is 10.3. The van der Waals surface area contributed by atoms with Crippen molar-refractivity contribution in [1.29, 1.82) is 0 Å². The molecular weight excluding hydrogens is 212 g/mol. The van der Waals surface area contributed by atoms with Crippen LogP contribution in [0.5, 0.6) is 0 Å². The van der Waals surface area contributed by atoms with Gasteiger partial charge in [-0.3, -0.25) is 10.1 Å². The number of nitrogens with zero attached hydrogens (tertiary/aromatic N) is 2. The summed E-state index contributed by atoms with van der Waals surface area (Å²) in [5.74, 6) is -0.867. The minimum absolute atomic E-state index is 0.0874. The van der Waals surface area contributed by atoms with Crippen LogP contribution < -0.4 is 0 Å². The molecule has 6 nitrogen and oxygen atoms in total. The lowest BCUT2D eigenvalue weighted by Crippen LogP contribution is -2.08. The van der Waals surface area contributed by atoms with Crippen LogP contribution in [0.2, 0.25) is 5.02 Å². The maximum Gasteiger partial charge on any atom is 0.363 e. The van der Waals surface area contributed by atoms with Gasteiger partial charge in [0.1, 0.15) is 0 Å². The Kier molecular flexibility index (Phi) is 2.98. The molecule has 74 valence electrons. The minimum Gasteiger partial charge on any atom is -0.464 e. The van der Waals surface area contributed by atoms with Crippen LogP contribution in [0, 0.1) is 10.1 Å². The lowest BCUT2D eigenvalue weighted by Gasteiger charge is -1.99. The van der Waals surface area contributed by atoms with E-state index < -0.39 is 16.6 Å². The summed E-state index contributed by atoms with van der Waals surface area (Å²) in [7, 11) is 1.11. The highest BCUT2D eigenvalue weighted by Gasteiger charge is 2.22.